The molecule has 1 aromatic rings. The Bertz CT molecular complexity index is 324. The predicted octanol–water partition coefficient (Wildman–Crippen LogP) is 3.04. The summed E-state index contributed by atoms with van der Waals surface area (Å²) < 4.78 is 0. The van der Waals surface area contributed by atoms with Crippen LogP contribution in [0.3, 0.4) is 0 Å². The van der Waals surface area contributed by atoms with E-state index in [0.717, 1.165) is 25.2 Å². The van der Waals surface area contributed by atoms with Gasteiger partial charge in [-0.2, -0.15) is 0 Å². The summed E-state index contributed by atoms with van der Waals surface area (Å²) in [6, 6.07) is 7.02. The molecule has 0 fully saturated rings. The van der Waals surface area contributed by atoms with Gasteiger partial charge in [0.1, 0.15) is 0 Å². The average Bonchev–Trinajstić information content (AvgIpc) is 2.26. The third kappa shape index (κ3) is 3.74. The van der Waals surface area contributed by atoms with Gasteiger partial charge in [0.25, 0.3) is 0 Å². The standard InChI is InChI=1S/C12H17NO2.ClH/c1-3-9-13(4-2)11-7-5-10(6-8-11)12(14)15;/h5-8H,3-4,9H2,1-2H3,(H,14,15);1H. The summed E-state index contributed by atoms with van der Waals surface area (Å²) in [5.74, 6) is -0.875. The molecule has 0 saturated heterocycles. The van der Waals surface area contributed by atoms with E-state index >= 15 is 0 Å². The molecule has 0 aliphatic rings. The zero-order valence-corrected chi connectivity index (χ0v) is 10.5. The molecule has 0 amide bonds. The van der Waals surface area contributed by atoms with Gasteiger partial charge < -0.3 is 10.0 Å². The van der Waals surface area contributed by atoms with E-state index in [1.807, 2.05) is 12.1 Å². The number of benzene rings is 1. The first-order chi connectivity index (χ1) is 7.19. The highest BCUT2D eigenvalue weighted by Crippen LogP contribution is 2.15. The summed E-state index contributed by atoms with van der Waals surface area (Å²) in [6.07, 6.45) is 1.09. The van der Waals surface area contributed by atoms with Crippen LogP contribution in [0.5, 0.6) is 0 Å². The van der Waals surface area contributed by atoms with Crippen LogP contribution in [0.25, 0.3) is 0 Å². The molecule has 1 rings (SSSR count). The van der Waals surface area contributed by atoms with Crippen LogP contribution in [0, 0.1) is 0 Å². The van der Waals surface area contributed by atoms with Crippen LogP contribution in [0.4, 0.5) is 5.69 Å². The summed E-state index contributed by atoms with van der Waals surface area (Å²) >= 11 is 0. The number of carboxylic acids is 1. The third-order valence-corrected chi connectivity index (χ3v) is 2.35. The minimum Gasteiger partial charge on any atom is -0.478 e. The third-order valence-electron chi connectivity index (χ3n) is 2.35. The van der Waals surface area contributed by atoms with Crippen molar-refractivity contribution in [2.45, 2.75) is 20.3 Å². The van der Waals surface area contributed by atoms with Crippen molar-refractivity contribution in [3.05, 3.63) is 29.8 Å². The van der Waals surface area contributed by atoms with Crippen LogP contribution in [0.15, 0.2) is 24.3 Å². The highest BCUT2D eigenvalue weighted by molar-refractivity contribution is 5.88. The molecular weight excluding hydrogens is 226 g/mol. The first-order valence-electron chi connectivity index (χ1n) is 5.27. The Labute approximate surface area is 102 Å². The molecule has 0 atom stereocenters. The predicted molar refractivity (Wildman–Crippen MR) is 68.8 cm³/mol. The summed E-state index contributed by atoms with van der Waals surface area (Å²) in [5, 5.41) is 8.76. The summed E-state index contributed by atoms with van der Waals surface area (Å²) in [5.41, 5.74) is 1.43. The first-order valence-corrected chi connectivity index (χ1v) is 5.27. The van der Waals surface area contributed by atoms with E-state index in [2.05, 4.69) is 18.7 Å². The quantitative estimate of drug-likeness (QED) is 0.864. The van der Waals surface area contributed by atoms with Crippen molar-refractivity contribution in [3.63, 3.8) is 0 Å². The first kappa shape index (κ1) is 14.8. The Balaban J connectivity index is 0.00000225. The molecule has 1 aromatic carbocycles. The van der Waals surface area contributed by atoms with Gasteiger partial charge in [0.15, 0.2) is 0 Å². The van der Waals surface area contributed by atoms with E-state index in [0.29, 0.717) is 5.56 Å². The fourth-order valence-electron chi connectivity index (χ4n) is 1.55. The maximum absolute atomic E-state index is 10.7. The SMILES string of the molecule is CCCN(CC)c1ccc(C(=O)O)cc1.Cl. The van der Waals surface area contributed by atoms with Gasteiger partial charge in [-0.05, 0) is 37.6 Å². The number of nitrogens with zero attached hydrogens (tertiary/aromatic N) is 1. The molecule has 0 radical (unpaired) electrons. The summed E-state index contributed by atoms with van der Waals surface area (Å²) in [7, 11) is 0. The number of anilines is 1. The van der Waals surface area contributed by atoms with Gasteiger partial charge in [-0.15, -0.1) is 12.4 Å². The van der Waals surface area contributed by atoms with Crippen LogP contribution in [0.2, 0.25) is 0 Å². The van der Waals surface area contributed by atoms with Crippen molar-refractivity contribution < 1.29 is 9.90 Å². The summed E-state index contributed by atoms with van der Waals surface area (Å²) in [6.45, 7) is 6.18. The highest BCUT2D eigenvalue weighted by Gasteiger charge is 2.05. The van der Waals surface area contributed by atoms with Crippen LogP contribution in [0.1, 0.15) is 30.6 Å². The second kappa shape index (κ2) is 7.12. The molecule has 0 aliphatic carbocycles. The molecular formula is C12H18ClNO2. The van der Waals surface area contributed by atoms with Crippen LogP contribution in [-0.2, 0) is 0 Å². The molecule has 0 heterocycles. The number of carboxylic acid groups (broad SMARTS) is 1. The van der Waals surface area contributed by atoms with Crippen LogP contribution >= 0.6 is 12.4 Å². The molecule has 0 unspecified atom stereocenters. The van der Waals surface area contributed by atoms with Crippen LogP contribution in [-0.4, -0.2) is 24.2 Å². The maximum atomic E-state index is 10.7. The number of aromatic carboxylic acids is 1. The Morgan fingerprint density at radius 3 is 2.19 bits per heavy atom. The maximum Gasteiger partial charge on any atom is 0.335 e. The van der Waals surface area contributed by atoms with Crippen molar-refractivity contribution in [1.82, 2.24) is 0 Å². The van der Waals surface area contributed by atoms with E-state index in [-0.39, 0.29) is 12.4 Å². The van der Waals surface area contributed by atoms with Gasteiger partial charge in [0.2, 0.25) is 0 Å². The number of rotatable bonds is 5. The zero-order valence-electron chi connectivity index (χ0n) is 9.64. The number of halogens is 1. The molecule has 0 saturated carbocycles. The van der Waals surface area contributed by atoms with Crippen LogP contribution < -0.4 is 4.90 Å². The second-order valence-electron chi connectivity index (χ2n) is 3.43. The number of hydrogen-bond donors (Lipinski definition) is 1. The van der Waals surface area contributed by atoms with Crippen molar-refractivity contribution in [2.24, 2.45) is 0 Å². The lowest BCUT2D eigenvalue weighted by atomic mass is 10.2. The monoisotopic (exact) mass is 243 g/mol. The topological polar surface area (TPSA) is 40.5 Å². The zero-order chi connectivity index (χ0) is 11.3. The summed E-state index contributed by atoms with van der Waals surface area (Å²) in [4.78, 5) is 12.9. The van der Waals surface area contributed by atoms with Crippen molar-refractivity contribution in [3.8, 4) is 0 Å². The average molecular weight is 244 g/mol. The number of carbonyl (C=O) groups is 1. The molecule has 90 valence electrons. The van der Waals surface area contributed by atoms with Gasteiger partial charge in [0.05, 0.1) is 5.56 Å². The number of hydrogen-bond acceptors (Lipinski definition) is 2. The van der Waals surface area contributed by atoms with Gasteiger partial charge in [-0.1, -0.05) is 6.92 Å². The smallest absolute Gasteiger partial charge is 0.335 e. The largest absolute Gasteiger partial charge is 0.478 e. The molecule has 3 nitrogen and oxygen atoms in total. The minimum absolute atomic E-state index is 0. The molecule has 0 bridgehead atoms. The lowest BCUT2D eigenvalue weighted by Crippen LogP contribution is -2.23. The van der Waals surface area contributed by atoms with Gasteiger partial charge in [-0.25, -0.2) is 4.79 Å². The Morgan fingerprint density at radius 2 is 1.81 bits per heavy atom. The van der Waals surface area contributed by atoms with E-state index in [9.17, 15) is 4.79 Å². The van der Waals surface area contributed by atoms with E-state index in [1.54, 1.807) is 12.1 Å². The fraction of sp³-hybridized carbons (Fsp3) is 0.417. The van der Waals surface area contributed by atoms with Gasteiger partial charge in [-0.3, -0.25) is 0 Å². The van der Waals surface area contributed by atoms with Crippen molar-refractivity contribution in [1.29, 1.82) is 0 Å². The van der Waals surface area contributed by atoms with Crippen molar-refractivity contribution in [2.75, 3.05) is 18.0 Å². The molecule has 4 heteroatoms. The molecule has 0 aliphatic heterocycles. The Hall–Kier alpha value is -1.22. The van der Waals surface area contributed by atoms with E-state index in [4.69, 9.17) is 5.11 Å². The van der Waals surface area contributed by atoms with Crippen molar-refractivity contribution >= 4 is 24.1 Å². The van der Waals surface area contributed by atoms with Gasteiger partial charge in [0, 0.05) is 18.8 Å². The molecule has 16 heavy (non-hydrogen) atoms. The van der Waals surface area contributed by atoms with E-state index < -0.39 is 5.97 Å². The fourth-order valence-corrected chi connectivity index (χ4v) is 1.55. The minimum atomic E-state index is -0.875. The Kier molecular flexibility index (Phi) is 6.58. The Morgan fingerprint density at radius 1 is 1.25 bits per heavy atom. The van der Waals surface area contributed by atoms with Gasteiger partial charge >= 0.3 is 5.97 Å². The second-order valence-corrected chi connectivity index (χ2v) is 3.43. The lowest BCUT2D eigenvalue weighted by molar-refractivity contribution is 0.0697. The normalized spacial score (nSPS) is 9.38. The molecule has 0 aromatic heterocycles. The highest BCUT2D eigenvalue weighted by atomic mass is 35.5. The van der Waals surface area contributed by atoms with E-state index in [1.165, 1.54) is 0 Å². The lowest BCUT2D eigenvalue weighted by Gasteiger charge is -2.22. The molecule has 0 spiro atoms. The molecule has 1 N–H and O–H groups in total.